The van der Waals surface area contributed by atoms with Crippen LogP contribution >= 0.6 is 11.6 Å². The summed E-state index contributed by atoms with van der Waals surface area (Å²) in [6.45, 7) is 4.61. The second kappa shape index (κ2) is 13.3. The normalized spacial score (nSPS) is 13.9. The number of hydrogen-bond donors (Lipinski definition) is 2. The molecule has 1 aliphatic rings. The van der Waals surface area contributed by atoms with Crippen LogP contribution in [0.2, 0.25) is 5.15 Å². The van der Waals surface area contributed by atoms with Crippen LogP contribution < -0.4 is 20.9 Å². The van der Waals surface area contributed by atoms with Gasteiger partial charge in [-0.1, -0.05) is 29.5 Å². The number of rotatable bonds is 9. The molecule has 4 aromatic rings. The Morgan fingerprint density at radius 1 is 1.21 bits per heavy atom. The minimum atomic E-state index is -0.720. The van der Waals surface area contributed by atoms with Crippen LogP contribution in [0.4, 0.5) is 5.95 Å². The van der Waals surface area contributed by atoms with Gasteiger partial charge in [-0.25, -0.2) is 4.98 Å². The molecule has 0 aliphatic heterocycles. The smallest absolute Gasteiger partial charge is 0.323 e. The van der Waals surface area contributed by atoms with Gasteiger partial charge in [0.1, 0.15) is 34.4 Å². The van der Waals surface area contributed by atoms with Gasteiger partial charge < -0.3 is 30.2 Å². The highest BCUT2D eigenvalue weighted by Crippen LogP contribution is 2.29. The van der Waals surface area contributed by atoms with E-state index in [1.165, 1.54) is 0 Å². The molecule has 4 N–H and O–H groups in total. The van der Waals surface area contributed by atoms with E-state index in [0.717, 1.165) is 53.8 Å². The van der Waals surface area contributed by atoms with Crippen molar-refractivity contribution in [1.82, 2.24) is 19.5 Å². The van der Waals surface area contributed by atoms with E-state index in [4.69, 9.17) is 37.3 Å². The summed E-state index contributed by atoms with van der Waals surface area (Å²) in [5.41, 5.74) is 16.6. The van der Waals surface area contributed by atoms with Crippen molar-refractivity contribution in [2.75, 3.05) is 19.5 Å². The van der Waals surface area contributed by atoms with Crippen LogP contribution in [-0.2, 0) is 16.1 Å². The molecule has 5 rings (SSSR count). The molecule has 1 atom stereocenters. The number of anilines is 1. The zero-order valence-electron chi connectivity index (χ0n) is 24.5. The van der Waals surface area contributed by atoms with Crippen molar-refractivity contribution >= 4 is 34.6 Å². The van der Waals surface area contributed by atoms with Crippen molar-refractivity contribution in [2.45, 2.75) is 64.6 Å². The third-order valence-corrected chi connectivity index (χ3v) is 7.79. The van der Waals surface area contributed by atoms with Gasteiger partial charge in [0.15, 0.2) is 0 Å². The molecule has 3 aromatic heterocycles. The molecule has 10 nitrogen and oxygen atoms in total. The van der Waals surface area contributed by atoms with Crippen LogP contribution in [0.15, 0.2) is 36.7 Å². The molecule has 224 valence electrons. The predicted molar refractivity (Wildman–Crippen MR) is 165 cm³/mol. The molecule has 0 bridgehead atoms. The number of carbonyl (C=O) groups excluding carboxylic acids is 1. The van der Waals surface area contributed by atoms with Crippen LogP contribution in [0.1, 0.15) is 60.1 Å². The van der Waals surface area contributed by atoms with E-state index in [2.05, 4.69) is 26.8 Å². The number of nitrogens with zero attached hydrogens (tertiary/aromatic N) is 4. The lowest BCUT2D eigenvalue weighted by molar-refractivity contribution is -0.150. The fourth-order valence-corrected chi connectivity index (χ4v) is 5.52. The SMILES string of the molecule is COc1c(C)cnc(Cn2cc(C#Cc3cccc(OCC[C@H](N)C(=O)OC4CCCC4)c3)c3c(Cl)nc(N)nc32)c1C. The van der Waals surface area contributed by atoms with E-state index in [1.807, 2.05) is 48.9 Å². The maximum absolute atomic E-state index is 12.3. The van der Waals surface area contributed by atoms with Crippen LogP contribution in [-0.4, -0.2) is 51.4 Å². The van der Waals surface area contributed by atoms with E-state index < -0.39 is 6.04 Å². The number of esters is 1. The topological polar surface area (TPSA) is 140 Å². The molecule has 0 spiro atoms. The Balaban J connectivity index is 1.32. The fraction of sp³-hybridized carbons (Fsp3) is 0.375. The summed E-state index contributed by atoms with van der Waals surface area (Å²) in [6, 6.07) is 6.68. The Morgan fingerprint density at radius 3 is 2.77 bits per heavy atom. The lowest BCUT2D eigenvalue weighted by atomic mass is 10.1. The van der Waals surface area contributed by atoms with Crippen LogP contribution in [0.3, 0.4) is 0 Å². The summed E-state index contributed by atoms with van der Waals surface area (Å²) >= 11 is 6.53. The summed E-state index contributed by atoms with van der Waals surface area (Å²) in [5, 5.41) is 0.822. The number of carbonyl (C=O) groups is 1. The first-order valence-electron chi connectivity index (χ1n) is 14.3. The molecule has 1 fully saturated rings. The fourth-order valence-electron chi connectivity index (χ4n) is 5.25. The number of pyridine rings is 1. The lowest BCUT2D eigenvalue weighted by Gasteiger charge is -2.16. The van der Waals surface area contributed by atoms with Crippen molar-refractivity contribution in [3.63, 3.8) is 0 Å². The highest BCUT2D eigenvalue weighted by molar-refractivity contribution is 6.34. The molecule has 1 saturated carbocycles. The number of nitrogen functional groups attached to an aromatic ring is 1. The molecule has 1 aromatic carbocycles. The molecule has 3 heterocycles. The second-order valence-electron chi connectivity index (χ2n) is 10.7. The van der Waals surface area contributed by atoms with Gasteiger partial charge in [0, 0.05) is 35.5 Å². The number of aromatic nitrogens is 4. The zero-order valence-corrected chi connectivity index (χ0v) is 25.3. The van der Waals surface area contributed by atoms with Gasteiger partial charge in [0.05, 0.1) is 36.9 Å². The summed E-state index contributed by atoms with van der Waals surface area (Å²) in [5.74, 6) is 7.51. The number of aryl methyl sites for hydroxylation is 1. The zero-order chi connectivity index (χ0) is 30.5. The third kappa shape index (κ3) is 7.01. The van der Waals surface area contributed by atoms with Gasteiger partial charge in [-0.05, 0) is 57.7 Å². The lowest BCUT2D eigenvalue weighted by Crippen LogP contribution is -2.35. The number of ether oxygens (including phenoxy) is 3. The number of benzene rings is 1. The molecule has 43 heavy (non-hydrogen) atoms. The largest absolute Gasteiger partial charge is 0.496 e. The maximum atomic E-state index is 12.3. The first kappa shape index (κ1) is 30.1. The number of fused-ring (bicyclic) bond motifs is 1. The summed E-state index contributed by atoms with van der Waals surface area (Å²) in [7, 11) is 1.65. The number of halogens is 1. The van der Waals surface area contributed by atoms with E-state index >= 15 is 0 Å². The van der Waals surface area contributed by atoms with Crippen molar-refractivity contribution < 1.29 is 19.0 Å². The minimum Gasteiger partial charge on any atom is -0.496 e. The average molecular weight is 603 g/mol. The molecule has 0 radical (unpaired) electrons. The van der Waals surface area contributed by atoms with Gasteiger partial charge in [-0.2, -0.15) is 4.98 Å². The van der Waals surface area contributed by atoms with E-state index in [9.17, 15) is 4.79 Å². The molecular weight excluding hydrogens is 568 g/mol. The molecule has 0 saturated heterocycles. The first-order valence-corrected chi connectivity index (χ1v) is 14.6. The highest BCUT2D eigenvalue weighted by atomic mass is 35.5. The van der Waals surface area contributed by atoms with Crippen molar-refractivity contribution in [2.24, 2.45) is 5.73 Å². The van der Waals surface area contributed by atoms with Crippen LogP contribution in [0.5, 0.6) is 11.5 Å². The number of methoxy groups -OCH3 is 1. The minimum absolute atomic E-state index is 0.00513. The summed E-state index contributed by atoms with van der Waals surface area (Å²) in [4.78, 5) is 25.5. The Bertz CT molecular complexity index is 1700. The Labute approximate surface area is 255 Å². The van der Waals surface area contributed by atoms with Crippen molar-refractivity contribution in [1.29, 1.82) is 0 Å². The van der Waals surface area contributed by atoms with E-state index in [0.29, 0.717) is 35.3 Å². The molecular formula is C32H35ClN6O4. The highest BCUT2D eigenvalue weighted by Gasteiger charge is 2.23. The third-order valence-electron chi connectivity index (χ3n) is 7.52. The van der Waals surface area contributed by atoms with Gasteiger partial charge >= 0.3 is 5.97 Å². The summed E-state index contributed by atoms with van der Waals surface area (Å²) < 4.78 is 18.9. The Hall–Kier alpha value is -4.33. The van der Waals surface area contributed by atoms with E-state index in [-0.39, 0.29) is 29.8 Å². The monoisotopic (exact) mass is 602 g/mol. The molecule has 0 unspecified atom stereocenters. The van der Waals surface area contributed by atoms with Crippen molar-refractivity contribution in [3.8, 4) is 23.3 Å². The van der Waals surface area contributed by atoms with Gasteiger partial charge in [-0.3, -0.25) is 9.78 Å². The molecule has 11 heteroatoms. The van der Waals surface area contributed by atoms with E-state index in [1.54, 1.807) is 13.3 Å². The average Bonchev–Trinajstić information content (AvgIpc) is 3.61. The number of nitrogens with two attached hydrogens (primary N) is 2. The predicted octanol–water partition coefficient (Wildman–Crippen LogP) is 4.72. The van der Waals surface area contributed by atoms with Crippen molar-refractivity contribution in [3.05, 3.63) is 69.8 Å². The molecule has 0 amide bonds. The van der Waals surface area contributed by atoms with Gasteiger partial charge in [0.2, 0.25) is 5.95 Å². The Kier molecular flexibility index (Phi) is 9.34. The molecule has 1 aliphatic carbocycles. The summed E-state index contributed by atoms with van der Waals surface area (Å²) in [6.07, 6.45) is 8.01. The van der Waals surface area contributed by atoms with Gasteiger partial charge in [0.25, 0.3) is 0 Å². The number of hydrogen-bond acceptors (Lipinski definition) is 9. The maximum Gasteiger partial charge on any atom is 0.323 e. The Morgan fingerprint density at radius 2 is 2.00 bits per heavy atom. The standard InChI is InChI=1S/C32H35ClN6O4/c1-19-16-36-26(20(2)28(19)41-3)18-39-17-22(27-29(33)37-32(35)38-30(27)39)12-11-21-7-6-10-24(15-21)42-14-13-25(34)31(40)43-23-8-4-5-9-23/h6-7,10,15-17,23,25H,4-5,8-9,13-14,18,34H2,1-3H3,(H2,35,37,38)/t25-/m0/s1. The van der Waals surface area contributed by atoms with Crippen LogP contribution in [0, 0.1) is 25.7 Å². The first-order chi connectivity index (χ1) is 20.7. The van der Waals surface area contributed by atoms with Gasteiger partial charge in [-0.15, -0.1) is 0 Å². The second-order valence-corrected chi connectivity index (χ2v) is 11.0. The van der Waals surface area contributed by atoms with Crippen LogP contribution in [0.25, 0.3) is 11.0 Å². The quantitative estimate of drug-likeness (QED) is 0.158.